The summed E-state index contributed by atoms with van der Waals surface area (Å²) in [6.07, 6.45) is 1.00. The number of benzene rings is 1. The van der Waals surface area contributed by atoms with E-state index in [-0.39, 0.29) is 24.0 Å². The number of hydrogen-bond acceptors (Lipinski definition) is 3. The van der Waals surface area contributed by atoms with Gasteiger partial charge in [0.2, 0.25) is 5.91 Å². The van der Waals surface area contributed by atoms with E-state index in [1.165, 1.54) is 0 Å². The Balaban J connectivity index is 1.81. The Bertz CT molecular complexity index is 626. The molecule has 0 aromatic heterocycles. The number of rotatable bonds is 4. The maximum Gasteiger partial charge on any atom is 0.239 e. The Kier molecular flexibility index (Phi) is 6.53. The number of amides is 1. The highest BCUT2D eigenvalue weighted by Crippen LogP contribution is 2.23. The summed E-state index contributed by atoms with van der Waals surface area (Å²) in [4.78, 5) is 18.4. The monoisotopic (exact) mass is 365 g/mol. The number of anilines is 1. The molecule has 1 aliphatic heterocycles. The summed E-state index contributed by atoms with van der Waals surface area (Å²) in [7, 11) is 1.71. The van der Waals surface area contributed by atoms with Gasteiger partial charge in [-0.2, -0.15) is 0 Å². The summed E-state index contributed by atoms with van der Waals surface area (Å²) < 4.78 is 0. The van der Waals surface area contributed by atoms with Crippen LogP contribution in [0.15, 0.2) is 29.3 Å². The lowest BCUT2D eigenvalue weighted by Crippen LogP contribution is -2.50. The lowest BCUT2D eigenvalue weighted by atomic mass is 10.1. The van der Waals surface area contributed by atoms with Gasteiger partial charge in [-0.1, -0.05) is 17.7 Å². The van der Waals surface area contributed by atoms with Gasteiger partial charge in [-0.05, 0) is 45.4 Å². The average Bonchev–Trinajstić information content (AvgIpc) is 2.98. The van der Waals surface area contributed by atoms with E-state index in [4.69, 9.17) is 11.6 Å². The molecule has 0 saturated carbocycles. The number of hydrogen-bond donors (Lipinski definition) is 3. The fourth-order valence-corrected chi connectivity index (χ4v) is 2.98. The van der Waals surface area contributed by atoms with Gasteiger partial charge in [-0.3, -0.25) is 9.79 Å². The number of nitrogens with zero attached hydrogens (tertiary/aromatic N) is 2. The van der Waals surface area contributed by atoms with Crippen molar-refractivity contribution in [2.45, 2.75) is 38.8 Å². The second kappa shape index (κ2) is 8.43. The van der Waals surface area contributed by atoms with E-state index in [2.05, 4.69) is 31.9 Å². The molecule has 1 aromatic carbocycles. The van der Waals surface area contributed by atoms with Crippen LogP contribution in [-0.4, -0.2) is 50.1 Å². The molecule has 7 heteroatoms. The van der Waals surface area contributed by atoms with Crippen LogP contribution in [0, 0.1) is 0 Å². The molecule has 1 aliphatic rings. The maximum atomic E-state index is 11.9. The molecule has 1 atom stereocenters. The molecule has 138 valence electrons. The van der Waals surface area contributed by atoms with Crippen molar-refractivity contribution in [3.8, 4) is 0 Å². The quantitative estimate of drug-likeness (QED) is 0.564. The van der Waals surface area contributed by atoms with Gasteiger partial charge < -0.3 is 20.9 Å². The van der Waals surface area contributed by atoms with E-state index in [0.717, 1.165) is 30.2 Å². The van der Waals surface area contributed by atoms with Gasteiger partial charge in [0.25, 0.3) is 0 Å². The minimum absolute atomic E-state index is 0.0533. The summed E-state index contributed by atoms with van der Waals surface area (Å²) in [6.45, 7) is 7.90. The zero-order valence-electron chi connectivity index (χ0n) is 15.4. The third-order valence-electron chi connectivity index (χ3n) is 3.86. The molecule has 0 bridgehead atoms. The van der Waals surface area contributed by atoms with Gasteiger partial charge >= 0.3 is 0 Å². The Morgan fingerprint density at radius 1 is 1.40 bits per heavy atom. The largest absolute Gasteiger partial charge is 0.369 e. The van der Waals surface area contributed by atoms with Crippen LogP contribution in [0.25, 0.3) is 0 Å². The number of aliphatic imine (C=N–C) groups is 1. The van der Waals surface area contributed by atoms with Crippen LogP contribution in [0.4, 0.5) is 5.69 Å². The van der Waals surface area contributed by atoms with Crippen LogP contribution in [0.3, 0.4) is 0 Å². The predicted molar refractivity (Wildman–Crippen MR) is 104 cm³/mol. The SMILES string of the molecule is CN=C(NCC(=O)NC(C)(C)C)NC1CCN(c2cccc(Cl)c2)C1. The maximum absolute atomic E-state index is 11.9. The normalized spacial score (nSPS) is 18.2. The lowest BCUT2D eigenvalue weighted by Gasteiger charge is -2.22. The standard InChI is InChI=1S/C18H28ClN5O/c1-18(2,3)23-16(25)11-21-17(20-4)22-14-8-9-24(12-14)15-7-5-6-13(19)10-15/h5-7,10,14H,8-9,11-12H2,1-4H3,(H,23,25)(H2,20,21,22). The Labute approximate surface area is 155 Å². The van der Waals surface area contributed by atoms with Crippen molar-refractivity contribution < 1.29 is 4.79 Å². The number of carbonyl (C=O) groups excluding carboxylic acids is 1. The molecule has 1 unspecified atom stereocenters. The molecule has 1 amide bonds. The Hall–Kier alpha value is -1.95. The molecular weight excluding hydrogens is 338 g/mol. The number of nitrogens with one attached hydrogen (secondary N) is 3. The number of carbonyl (C=O) groups is 1. The van der Waals surface area contributed by atoms with E-state index in [9.17, 15) is 4.79 Å². The zero-order chi connectivity index (χ0) is 18.4. The summed E-state index contributed by atoms with van der Waals surface area (Å²) in [6, 6.07) is 8.17. The first-order chi connectivity index (χ1) is 11.8. The molecule has 1 saturated heterocycles. The van der Waals surface area contributed by atoms with Gasteiger partial charge in [0.15, 0.2) is 5.96 Å². The van der Waals surface area contributed by atoms with Crippen molar-refractivity contribution in [3.63, 3.8) is 0 Å². The molecule has 2 rings (SSSR count). The molecule has 0 spiro atoms. The molecule has 0 radical (unpaired) electrons. The van der Waals surface area contributed by atoms with Crippen LogP contribution in [0.5, 0.6) is 0 Å². The topological polar surface area (TPSA) is 68.8 Å². The van der Waals surface area contributed by atoms with Crippen molar-refractivity contribution in [1.82, 2.24) is 16.0 Å². The Morgan fingerprint density at radius 3 is 2.80 bits per heavy atom. The first-order valence-electron chi connectivity index (χ1n) is 8.55. The minimum Gasteiger partial charge on any atom is -0.369 e. The van der Waals surface area contributed by atoms with E-state index in [1.54, 1.807) is 7.05 Å². The van der Waals surface area contributed by atoms with Gasteiger partial charge in [-0.15, -0.1) is 0 Å². The zero-order valence-corrected chi connectivity index (χ0v) is 16.2. The van der Waals surface area contributed by atoms with Crippen LogP contribution < -0.4 is 20.9 Å². The summed E-state index contributed by atoms with van der Waals surface area (Å²) in [5.74, 6) is 0.587. The molecular formula is C18H28ClN5O. The predicted octanol–water partition coefficient (Wildman–Crippen LogP) is 2.00. The van der Waals surface area contributed by atoms with Crippen molar-refractivity contribution in [1.29, 1.82) is 0 Å². The third-order valence-corrected chi connectivity index (χ3v) is 4.09. The molecule has 25 heavy (non-hydrogen) atoms. The first-order valence-corrected chi connectivity index (χ1v) is 8.93. The highest BCUT2D eigenvalue weighted by atomic mass is 35.5. The van der Waals surface area contributed by atoms with Gasteiger partial charge in [0, 0.05) is 42.4 Å². The van der Waals surface area contributed by atoms with Crippen molar-refractivity contribution in [2.75, 3.05) is 31.6 Å². The average molecular weight is 366 g/mol. The molecule has 6 nitrogen and oxygen atoms in total. The van der Waals surface area contributed by atoms with Crippen LogP contribution in [-0.2, 0) is 4.79 Å². The summed E-state index contributed by atoms with van der Waals surface area (Å²) in [5, 5.41) is 10.1. The number of guanidine groups is 1. The van der Waals surface area contributed by atoms with Crippen molar-refractivity contribution in [2.24, 2.45) is 4.99 Å². The fraction of sp³-hybridized carbons (Fsp3) is 0.556. The summed E-state index contributed by atoms with van der Waals surface area (Å²) in [5.41, 5.74) is 0.892. The minimum atomic E-state index is -0.237. The Morgan fingerprint density at radius 2 is 2.16 bits per heavy atom. The molecule has 1 fully saturated rings. The van der Waals surface area contributed by atoms with Crippen molar-refractivity contribution >= 4 is 29.2 Å². The van der Waals surface area contributed by atoms with E-state index in [0.29, 0.717) is 5.96 Å². The summed E-state index contributed by atoms with van der Waals surface area (Å²) >= 11 is 6.07. The van der Waals surface area contributed by atoms with Crippen LogP contribution >= 0.6 is 11.6 Å². The van der Waals surface area contributed by atoms with E-state index >= 15 is 0 Å². The highest BCUT2D eigenvalue weighted by Gasteiger charge is 2.24. The fourth-order valence-electron chi connectivity index (χ4n) is 2.80. The van der Waals surface area contributed by atoms with E-state index in [1.807, 2.05) is 39.0 Å². The smallest absolute Gasteiger partial charge is 0.239 e. The van der Waals surface area contributed by atoms with Gasteiger partial charge in [0.1, 0.15) is 0 Å². The second-order valence-electron chi connectivity index (χ2n) is 7.28. The van der Waals surface area contributed by atoms with Crippen molar-refractivity contribution in [3.05, 3.63) is 29.3 Å². The second-order valence-corrected chi connectivity index (χ2v) is 7.72. The molecule has 1 heterocycles. The van der Waals surface area contributed by atoms with E-state index < -0.39 is 0 Å². The first kappa shape index (κ1) is 19.4. The molecule has 0 aliphatic carbocycles. The lowest BCUT2D eigenvalue weighted by molar-refractivity contribution is -0.121. The molecule has 1 aromatic rings. The highest BCUT2D eigenvalue weighted by molar-refractivity contribution is 6.30. The molecule has 3 N–H and O–H groups in total. The van der Waals surface area contributed by atoms with Crippen LogP contribution in [0.1, 0.15) is 27.2 Å². The third kappa shape index (κ3) is 6.46. The number of halogens is 1. The van der Waals surface area contributed by atoms with Gasteiger partial charge in [0.05, 0.1) is 6.54 Å². The van der Waals surface area contributed by atoms with Crippen LogP contribution in [0.2, 0.25) is 5.02 Å². The van der Waals surface area contributed by atoms with Gasteiger partial charge in [-0.25, -0.2) is 0 Å².